The second-order valence-corrected chi connectivity index (χ2v) is 8.02. The van der Waals surface area contributed by atoms with Gasteiger partial charge in [-0.2, -0.15) is 0 Å². The van der Waals surface area contributed by atoms with Crippen molar-refractivity contribution in [3.63, 3.8) is 0 Å². The Hall–Kier alpha value is -2.78. The lowest BCUT2D eigenvalue weighted by Gasteiger charge is -2.11. The molecule has 3 rings (SSSR count). The summed E-state index contributed by atoms with van der Waals surface area (Å²) in [5, 5.41) is 11.4. The van der Waals surface area contributed by atoms with Crippen LogP contribution in [0.5, 0.6) is 11.5 Å². The third kappa shape index (κ3) is 4.68. The molecule has 1 aliphatic heterocycles. The van der Waals surface area contributed by atoms with E-state index in [1.807, 2.05) is 6.92 Å². The van der Waals surface area contributed by atoms with Gasteiger partial charge < -0.3 is 19.4 Å². The van der Waals surface area contributed by atoms with E-state index < -0.39 is 5.97 Å². The number of carbonyl (C=O) groups excluding carboxylic acids is 2. The number of amidine groups is 1. The summed E-state index contributed by atoms with van der Waals surface area (Å²) < 4.78 is 11.7. The van der Waals surface area contributed by atoms with Crippen LogP contribution >= 0.6 is 27.7 Å². The number of hydrogen-bond donors (Lipinski definition) is 0. The van der Waals surface area contributed by atoms with Gasteiger partial charge in [-0.3, -0.25) is 9.69 Å². The van der Waals surface area contributed by atoms with Crippen LogP contribution in [-0.2, 0) is 4.79 Å². The van der Waals surface area contributed by atoms with Crippen LogP contribution < -0.4 is 14.6 Å². The first-order chi connectivity index (χ1) is 14.3. The van der Waals surface area contributed by atoms with Crippen molar-refractivity contribution < 1.29 is 24.2 Å². The van der Waals surface area contributed by atoms with E-state index in [0.29, 0.717) is 33.9 Å². The Balaban J connectivity index is 1.90. The molecule has 0 spiro atoms. The standard InChI is InChI=1S/C21H19BrN2O5S/c1-4-29-17-11-15(22)13(9-16(17)28-3)10-18-19(25)24(2)21(30-18)23-14-7-5-12(6-8-14)20(26)27/h5-11H,4H2,1-3H3,(H,26,27)/p-1/b18-10-,23-21?. The molecule has 9 heteroatoms. The van der Waals surface area contributed by atoms with Crippen LogP contribution in [0.1, 0.15) is 22.8 Å². The zero-order valence-electron chi connectivity index (χ0n) is 16.5. The van der Waals surface area contributed by atoms with Crippen molar-refractivity contribution in [1.82, 2.24) is 4.90 Å². The van der Waals surface area contributed by atoms with Crippen molar-refractivity contribution in [2.75, 3.05) is 20.8 Å². The van der Waals surface area contributed by atoms with Crippen LogP contribution in [0.3, 0.4) is 0 Å². The Morgan fingerprint density at radius 1 is 1.27 bits per heavy atom. The molecule has 0 aromatic heterocycles. The quantitative estimate of drug-likeness (QED) is 0.577. The highest BCUT2D eigenvalue weighted by atomic mass is 79.9. The molecule has 1 fully saturated rings. The van der Waals surface area contributed by atoms with E-state index in [4.69, 9.17) is 9.47 Å². The summed E-state index contributed by atoms with van der Waals surface area (Å²) in [7, 11) is 3.20. The third-order valence-electron chi connectivity index (χ3n) is 4.20. The first kappa shape index (κ1) is 21.9. The van der Waals surface area contributed by atoms with Gasteiger partial charge in [0.05, 0.1) is 30.3 Å². The van der Waals surface area contributed by atoms with Gasteiger partial charge in [0, 0.05) is 11.5 Å². The van der Waals surface area contributed by atoms with Gasteiger partial charge >= 0.3 is 0 Å². The Bertz CT molecular complexity index is 1050. The lowest BCUT2D eigenvalue weighted by atomic mass is 10.2. The fourth-order valence-electron chi connectivity index (χ4n) is 2.66. The van der Waals surface area contributed by atoms with Gasteiger partial charge in [0.1, 0.15) is 0 Å². The minimum Gasteiger partial charge on any atom is -0.545 e. The molecule has 0 atom stereocenters. The lowest BCUT2D eigenvalue weighted by molar-refractivity contribution is -0.255. The number of amides is 1. The van der Waals surface area contributed by atoms with E-state index in [1.54, 1.807) is 44.5 Å². The predicted molar refractivity (Wildman–Crippen MR) is 118 cm³/mol. The van der Waals surface area contributed by atoms with Crippen molar-refractivity contribution in [2.24, 2.45) is 4.99 Å². The summed E-state index contributed by atoms with van der Waals surface area (Å²) in [6, 6.07) is 9.55. The first-order valence-corrected chi connectivity index (χ1v) is 10.5. The molecule has 1 amide bonds. The Kier molecular flexibility index (Phi) is 6.84. The summed E-state index contributed by atoms with van der Waals surface area (Å²) in [4.78, 5) is 29.9. The average molecular weight is 490 g/mol. The van der Waals surface area contributed by atoms with Crippen LogP contribution in [0.2, 0.25) is 0 Å². The molecule has 0 N–H and O–H groups in total. The zero-order valence-corrected chi connectivity index (χ0v) is 18.9. The highest BCUT2D eigenvalue weighted by molar-refractivity contribution is 9.10. The van der Waals surface area contributed by atoms with Gasteiger partial charge in [-0.1, -0.05) is 28.1 Å². The molecular weight excluding hydrogens is 472 g/mol. The van der Waals surface area contributed by atoms with E-state index in [0.717, 1.165) is 10.0 Å². The molecule has 0 radical (unpaired) electrons. The maximum absolute atomic E-state index is 12.7. The van der Waals surface area contributed by atoms with Crippen LogP contribution in [0, 0.1) is 0 Å². The average Bonchev–Trinajstić information content (AvgIpc) is 2.98. The number of thioether (sulfide) groups is 1. The minimum atomic E-state index is -1.25. The first-order valence-electron chi connectivity index (χ1n) is 8.92. The maximum atomic E-state index is 12.7. The van der Waals surface area contributed by atoms with E-state index in [1.165, 1.54) is 28.8 Å². The third-order valence-corrected chi connectivity index (χ3v) is 5.95. The number of methoxy groups -OCH3 is 1. The lowest BCUT2D eigenvalue weighted by Crippen LogP contribution is -2.23. The monoisotopic (exact) mass is 489 g/mol. The zero-order chi connectivity index (χ0) is 21.8. The van der Waals surface area contributed by atoms with Crippen LogP contribution in [0.15, 0.2) is 50.8 Å². The summed E-state index contributed by atoms with van der Waals surface area (Å²) in [5.41, 5.74) is 1.36. The molecule has 0 bridgehead atoms. The summed E-state index contributed by atoms with van der Waals surface area (Å²) in [5.74, 6) is -0.264. The second-order valence-electron chi connectivity index (χ2n) is 6.16. The van der Waals surface area contributed by atoms with Crippen molar-refractivity contribution in [1.29, 1.82) is 0 Å². The van der Waals surface area contributed by atoms with Crippen molar-refractivity contribution >= 4 is 56.5 Å². The largest absolute Gasteiger partial charge is 0.545 e. The van der Waals surface area contributed by atoms with Crippen LogP contribution in [0.4, 0.5) is 5.69 Å². The van der Waals surface area contributed by atoms with E-state index in [9.17, 15) is 14.7 Å². The Morgan fingerprint density at radius 2 is 1.97 bits per heavy atom. The number of aliphatic imine (C=N–C) groups is 1. The van der Waals surface area contributed by atoms with Gasteiger partial charge in [0.15, 0.2) is 16.7 Å². The van der Waals surface area contributed by atoms with Crippen molar-refractivity contribution in [3.8, 4) is 11.5 Å². The van der Waals surface area contributed by atoms with E-state index in [-0.39, 0.29) is 11.5 Å². The van der Waals surface area contributed by atoms with Crippen LogP contribution in [0.25, 0.3) is 6.08 Å². The summed E-state index contributed by atoms with van der Waals surface area (Å²) in [6.07, 6.45) is 1.76. The highest BCUT2D eigenvalue weighted by Crippen LogP contribution is 2.38. The number of benzene rings is 2. The van der Waals surface area contributed by atoms with Gasteiger partial charge in [0.2, 0.25) is 0 Å². The molecule has 0 saturated carbocycles. The number of carboxylic acid groups (broad SMARTS) is 1. The number of carboxylic acids is 1. The van der Waals surface area contributed by atoms with Gasteiger partial charge in [-0.15, -0.1) is 0 Å². The number of hydrogen-bond acceptors (Lipinski definition) is 7. The molecule has 30 heavy (non-hydrogen) atoms. The Labute approximate surface area is 186 Å². The topological polar surface area (TPSA) is 91.3 Å². The molecule has 0 aliphatic carbocycles. The summed E-state index contributed by atoms with van der Waals surface area (Å²) >= 11 is 4.74. The van der Waals surface area contributed by atoms with Gasteiger partial charge in [-0.25, -0.2) is 4.99 Å². The smallest absolute Gasteiger partial charge is 0.266 e. The van der Waals surface area contributed by atoms with Gasteiger partial charge in [0.25, 0.3) is 5.91 Å². The molecule has 0 unspecified atom stereocenters. The molecule has 7 nitrogen and oxygen atoms in total. The van der Waals surface area contributed by atoms with Gasteiger partial charge in [-0.05, 0) is 60.2 Å². The number of ether oxygens (including phenoxy) is 2. The normalized spacial score (nSPS) is 16.4. The number of nitrogens with zero attached hydrogens (tertiary/aromatic N) is 2. The minimum absolute atomic E-state index is 0.0670. The number of aromatic carboxylic acids is 1. The molecule has 1 saturated heterocycles. The predicted octanol–water partition coefficient (Wildman–Crippen LogP) is 3.45. The number of rotatable bonds is 6. The fourth-order valence-corrected chi connectivity index (χ4v) is 4.08. The fraction of sp³-hybridized carbons (Fsp3) is 0.190. The van der Waals surface area contributed by atoms with E-state index in [2.05, 4.69) is 20.9 Å². The van der Waals surface area contributed by atoms with Crippen LogP contribution in [-0.4, -0.2) is 42.7 Å². The molecule has 2 aromatic rings. The number of carbonyl (C=O) groups is 2. The summed E-state index contributed by atoms with van der Waals surface area (Å²) in [6.45, 7) is 2.39. The molecule has 1 aliphatic rings. The second kappa shape index (κ2) is 9.36. The number of halogens is 1. The SMILES string of the molecule is CCOc1cc(Br)c(/C=C2\SC(=Nc3ccc(C(=O)[O-])cc3)N(C)C2=O)cc1OC. The van der Waals surface area contributed by atoms with Crippen molar-refractivity contribution in [2.45, 2.75) is 6.92 Å². The number of likely N-dealkylation sites (N-methyl/N-ethyl adjacent to an activating group) is 1. The van der Waals surface area contributed by atoms with Crippen molar-refractivity contribution in [3.05, 3.63) is 56.9 Å². The van der Waals surface area contributed by atoms with E-state index >= 15 is 0 Å². The molecule has 2 aromatic carbocycles. The maximum Gasteiger partial charge on any atom is 0.266 e. The molecule has 1 heterocycles. The molecular formula is C21H18BrN2O5S-. The Morgan fingerprint density at radius 3 is 2.57 bits per heavy atom. The molecule has 156 valence electrons. The highest BCUT2D eigenvalue weighted by Gasteiger charge is 2.30.